The van der Waals surface area contributed by atoms with Crippen molar-refractivity contribution in [1.82, 2.24) is 25.2 Å². The number of methoxy groups -OCH3 is 1. The van der Waals surface area contributed by atoms with Gasteiger partial charge in [0.1, 0.15) is 5.75 Å². The van der Waals surface area contributed by atoms with Crippen molar-refractivity contribution in [1.29, 1.82) is 0 Å². The van der Waals surface area contributed by atoms with E-state index in [1.165, 1.54) is 28.7 Å². The second-order valence-corrected chi connectivity index (χ2v) is 8.94. The predicted octanol–water partition coefficient (Wildman–Crippen LogP) is 4.01. The molecule has 32 heavy (non-hydrogen) atoms. The highest BCUT2D eigenvalue weighted by Crippen LogP contribution is 2.23. The highest BCUT2D eigenvalue weighted by atomic mass is 32.2. The van der Waals surface area contributed by atoms with Crippen molar-refractivity contribution in [3.8, 4) is 11.4 Å². The second-order valence-electron chi connectivity index (χ2n) is 6.89. The minimum atomic E-state index is -0.156. The second kappa shape index (κ2) is 10.4. The Morgan fingerprint density at radius 1 is 1.12 bits per heavy atom. The lowest BCUT2D eigenvalue weighted by Gasteiger charge is -2.05. The van der Waals surface area contributed by atoms with Gasteiger partial charge in [0.2, 0.25) is 11.1 Å². The minimum Gasteiger partial charge on any atom is -0.497 e. The Morgan fingerprint density at radius 2 is 1.88 bits per heavy atom. The molecule has 2 aromatic carbocycles. The first-order valence-corrected chi connectivity index (χ1v) is 11.8. The van der Waals surface area contributed by atoms with Crippen molar-refractivity contribution in [3.63, 3.8) is 0 Å². The largest absolute Gasteiger partial charge is 0.497 e. The number of anilines is 1. The van der Waals surface area contributed by atoms with Crippen molar-refractivity contribution in [2.75, 3.05) is 18.2 Å². The lowest BCUT2D eigenvalue weighted by molar-refractivity contribution is -0.113. The van der Waals surface area contributed by atoms with E-state index in [4.69, 9.17) is 4.74 Å². The third-order valence-electron chi connectivity index (χ3n) is 4.70. The number of aryl methyl sites for hydroxylation is 1. The van der Waals surface area contributed by atoms with Crippen molar-refractivity contribution >= 4 is 34.1 Å². The van der Waals surface area contributed by atoms with E-state index in [1.807, 2.05) is 48.5 Å². The number of ether oxygens (including phenoxy) is 1. The number of carbonyl (C=O) groups excluding carboxylic acids is 1. The minimum absolute atomic E-state index is 0.156. The van der Waals surface area contributed by atoms with E-state index in [1.54, 1.807) is 18.0 Å². The van der Waals surface area contributed by atoms with Gasteiger partial charge in [0.15, 0.2) is 5.13 Å². The molecule has 0 fully saturated rings. The molecule has 0 radical (unpaired) electrons. The third kappa shape index (κ3) is 5.51. The number of thiazole rings is 1. The summed E-state index contributed by atoms with van der Waals surface area (Å²) in [7, 11) is 1.65. The summed E-state index contributed by atoms with van der Waals surface area (Å²) < 4.78 is 6.82. The summed E-state index contributed by atoms with van der Waals surface area (Å²) in [5, 5.41) is 15.8. The van der Waals surface area contributed by atoms with Gasteiger partial charge in [-0.3, -0.25) is 4.79 Å². The number of thioether (sulfide) groups is 1. The standard InChI is InChI=1S/C22H22N6O2S2/c1-3-15-4-8-17(9-5-15)28-22(25-26-27-28)31-14-20(29)24-21-23-13-19(32-21)12-16-6-10-18(30-2)11-7-16/h4-11,13H,3,12,14H2,1-2H3,(H,23,24,29). The first kappa shape index (κ1) is 22.0. The molecule has 10 heteroatoms. The summed E-state index contributed by atoms with van der Waals surface area (Å²) in [6.07, 6.45) is 3.51. The summed E-state index contributed by atoms with van der Waals surface area (Å²) in [6, 6.07) is 15.9. The average molecular weight is 467 g/mol. The smallest absolute Gasteiger partial charge is 0.236 e. The molecule has 4 rings (SSSR count). The fourth-order valence-corrected chi connectivity index (χ4v) is 4.53. The van der Waals surface area contributed by atoms with Crippen molar-refractivity contribution in [2.45, 2.75) is 24.9 Å². The van der Waals surface area contributed by atoms with Crippen LogP contribution >= 0.6 is 23.1 Å². The van der Waals surface area contributed by atoms with Gasteiger partial charge < -0.3 is 10.1 Å². The Hall–Kier alpha value is -3.24. The van der Waals surface area contributed by atoms with Crippen LogP contribution in [0.5, 0.6) is 5.75 Å². The molecule has 164 valence electrons. The van der Waals surface area contributed by atoms with Crippen LogP contribution < -0.4 is 10.1 Å². The molecule has 0 unspecified atom stereocenters. The Morgan fingerprint density at radius 3 is 2.59 bits per heavy atom. The Labute approximate surface area is 194 Å². The predicted molar refractivity (Wildman–Crippen MR) is 126 cm³/mol. The molecule has 2 heterocycles. The van der Waals surface area contributed by atoms with E-state index >= 15 is 0 Å². The van der Waals surface area contributed by atoms with Crippen LogP contribution in [0.3, 0.4) is 0 Å². The number of amides is 1. The zero-order chi connectivity index (χ0) is 22.3. The van der Waals surface area contributed by atoms with Gasteiger partial charge in [0.05, 0.1) is 18.6 Å². The van der Waals surface area contributed by atoms with Crippen LogP contribution in [0.1, 0.15) is 22.9 Å². The molecular weight excluding hydrogens is 444 g/mol. The maximum absolute atomic E-state index is 12.4. The topological polar surface area (TPSA) is 94.8 Å². The lowest BCUT2D eigenvalue weighted by Crippen LogP contribution is -2.14. The van der Waals surface area contributed by atoms with E-state index in [0.29, 0.717) is 10.3 Å². The van der Waals surface area contributed by atoms with Gasteiger partial charge in [0, 0.05) is 17.5 Å². The van der Waals surface area contributed by atoms with E-state index in [0.717, 1.165) is 34.7 Å². The number of aromatic nitrogens is 5. The number of rotatable bonds is 9. The number of benzene rings is 2. The number of nitrogens with one attached hydrogen (secondary N) is 1. The number of hydrogen-bond acceptors (Lipinski definition) is 8. The fraction of sp³-hybridized carbons (Fsp3) is 0.227. The summed E-state index contributed by atoms with van der Waals surface area (Å²) in [5.41, 5.74) is 3.25. The lowest BCUT2D eigenvalue weighted by atomic mass is 10.1. The highest BCUT2D eigenvalue weighted by molar-refractivity contribution is 7.99. The number of hydrogen-bond donors (Lipinski definition) is 1. The zero-order valence-electron chi connectivity index (χ0n) is 17.7. The number of carbonyl (C=O) groups is 1. The van der Waals surface area contributed by atoms with Gasteiger partial charge in [-0.25, -0.2) is 4.98 Å². The van der Waals surface area contributed by atoms with Crippen molar-refractivity contribution < 1.29 is 9.53 Å². The molecule has 0 aliphatic heterocycles. The molecule has 0 aliphatic rings. The highest BCUT2D eigenvalue weighted by Gasteiger charge is 2.13. The fourth-order valence-electron chi connectivity index (χ4n) is 2.98. The maximum atomic E-state index is 12.4. The number of nitrogens with zero attached hydrogens (tertiary/aromatic N) is 5. The van der Waals surface area contributed by atoms with Crippen molar-refractivity contribution in [2.24, 2.45) is 0 Å². The molecule has 1 amide bonds. The van der Waals surface area contributed by atoms with E-state index in [-0.39, 0.29) is 11.7 Å². The SMILES string of the molecule is CCc1ccc(-n2nnnc2SCC(=O)Nc2ncc(Cc3ccc(OC)cc3)s2)cc1. The van der Waals surface area contributed by atoms with Gasteiger partial charge in [-0.1, -0.05) is 43.0 Å². The first-order valence-electron chi connectivity index (χ1n) is 10.0. The first-order chi connectivity index (χ1) is 15.6. The van der Waals surface area contributed by atoms with Crippen LogP contribution in [0.4, 0.5) is 5.13 Å². The Kier molecular flexibility index (Phi) is 7.13. The molecule has 8 nitrogen and oxygen atoms in total. The van der Waals surface area contributed by atoms with E-state index in [2.05, 4.69) is 32.7 Å². The zero-order valence-corrected chi connectivity index (χ0v) is 19.3. The van der Waals surface area contributed by atoms with Gasteiger partial charge in [-0.2, -0.15) is 4.68 Å². The van der Waals surface area contributed by atoms with Crippen LogP contribution in [0.25, 0.3) is 5.69 Å². The molecule has 0 atom stereocenters. The number of tetrazole rings is 1. The quantitative estimate of drug-likeness (QED) is 0.372. The van der Waals surface area contributed by atoms with Gasteiger partial charge in [-0.05, 0) is 52.2 Å². The molecule has 0 saturated heterocycles. The molecule has 2 aromatic heterocycles. The van der Waals surface area contributed by atoms with Gasteiger partial charge in [-0.15, -0.1) is 16.4 Å². The van der Waals surface area contributed by atoms with Gasteiger partial charge >= 0.3 is 0 Å². The Bertz CT molecular complexity index is 1170. The molecule has 4 aromatic rings. The van der Waals surface area contributed by atoms with E-state index in [9.17, 15) is 4.79 Å². The van der Waals surface area contributed by atoms with Crippen LogP contribution in [0.15, 0.2) is 59.9 Å². The Balaban J connectivity index is 1.31. The molecule has 0 aliphatic carbocycles. The van der Waals surface area contributed by atoms with Gasteiger partial charge in [0.25, 0.3) is 0 Å². The monoisotopic (exact) mass is 466 g/mol. The van der Waals surface area contributed by atoms with Crippen LogP contribution in [0.2, 0.25) is 0 Å². The molecule has 0 bridgehead atoms. The molecule has 0 spiro atoms. The molecule has 0 saturated carbocycles. The summed E-state index contributed by atoms with van der Waals surface area (Å²) >= 11 is 2.74. The van der Waals surface area contributed by atoms with Crippen LogP contribution in [-0.2, 0) is 17.6 Å². The van der Waals surface area contributed by atoms with Crippen LogP contribution in [-0.4, -0.2) is 44.0 Å². The third-order valence-corrected chi connectivity index (χ3v) is 6.53. The molecule has 1 N–H and O–H groups in total. The normalized spacial score (nSPS) is 10.8. The average Bonchev–Trinajstić information content (AvgIpc) is 3.47. The van der Waals surface area contributed by atoms with Crippen LogP contribution in [0, 0.1) is 0 Å². The van der Waals surface area contributed by atoms with Crippen molar-refractivity contribution in [3.05, 3.63) is 70.7 Å². The summed E-state index contributed by atoms with van der Waals surface area (Å²) in [4.78, 5) is 17.8. The summed E-state index contributed by atoms with van der Waals surface area (Å²) in [5.74, 6) is 0.851. The summed E-state index contributed by atoms with van der Waals surface area (Å²) in [6.45, 7) is 2.11. The molecular formula is C22H22N6O2S2. The maximum Gasteiger partial charge on any atom is 0.236 e. The van der Waals surface area contributed by atoms with E-state index < -0.39 is 0 Å².